The van der Waals surface area contributed by atoms with Gasteiger partial charge < -0.3 is 9.47 Å². The van der Waals surface area contributed by atoms with Crippen LogP contribution < -0.4 is 9.47 Å². The molecule has 1 heterocycles. The van der Waals surface area contributed by atoms with Gasteiger partial charge in [-0.3, -0.25) is 14.5 Å². The average Bonchev–Trinajstić information content (AvgIpc) is 2.95. The molecule has 0 unspecified atom stereocenters. The minimum Gasteiger partial charge on any atom is -0.495 e. The highest BCUT2D eigenvalue weighted by atomic mass is 79.9. The number of carbonyl (C=O) groups is 2. The van der Waals surface area contributed by atoms with E-state index in [0.29, 0.717) is 22.1 Å². The van der Waals surface area contributed by atoms with E-state index in [0.717, 1.165) is 37.6 Å². The number of halogens is 2. The Morgan fingerprint density at radius 1 is 1.16 bits per heavy atom. The number of hydrogen-bond acceptors (Lipinski definition) is 5. The predicted molar refractivity (Wildman–Crippen MR) is 132 cm³/mol. The Morgan fingerprint density at radius 2 is 1.90 bits per heavy atom. The van der Waals surface area contributed by atoms with E-state index in [-0.39, 0.29) is 24.3 Å². The van der Waals surface area contributed by atoms with E-state index < -0.39 is 0 Å². The van der Waals surface area contributed by atoms with E-state index in [1.165, 1.54) is 4.90 Å². The Bertz CT molecular complexity index is 1050. The SMILES string of the molecule is COc1c(Br)cc(Br)cc1/C=C1\SC(=O)N(CCOc2cc(C)ccc2C(C)C)C1=O. The lowest BCUT2D eigenvalue weighted by Crippen LogP contribution is -2.32. The first-order valence-electron chi connectivity index (χ1n) is 9.73. The van der Waals surface area contributed by atoms with Crippen molar-refractivity contribution in [1.82, 2.24) is 4.90 Å². The zero-order chi connectivity index (χ0) is 22.7. The number of methoxy groups -OCH3 is 1. The van der Waals surface area contributed by atoms with Gasteiger partial charge in [0.15, 0.2) is 0 Å². The van der Waals surface area contributed by atoms with Crippen LogP contribution in [0.4, 0.5) is 4.79 Å². The standard InChI is InChI=1S/C23H23Br2NO4S/c1-13(2)17-6-5-14(3)9-19(17)30-8-7-26-22(27)20(31-23(26)28)11-15-10-16(24)12-18(25)21(15)29-4/h5-6,9-13H,7-8H2,1-4H3/b20-11-. The summed E-state index contributed by atoms with van der Waals surface area (Å²) in [4.78, 5) is 26.9. The minimum atomic E-state index is -0.329. The summed E-state index contributed by atoms with van der Waals surface area (Å²) in [5, 5.41) is -0.304. The van der Waals surface area contributed by atoms with E-state index >= 15 is 0 Å². The molecule has 1 saturated heterocycles. The molecule has 0 atom stereocenters. The van der Waals surface area contributed by atoms with Crippen molar-refractivity contribution in [3.63, 3.8) is 0 Å². The van der Waals surface area contributed by atoms with E-state index in [9.17, 15) is 9.59 Å². The van der Waals surface area contributed by atoms with Crippen molar-refractivity contribution in [2.45, 2.75) is 26.7 Å². The molecule has 2 aromatic carbocycles. The molecule has 8 heteroatoms. The van der Waals surface area contributed by atoms with Crippen molar-refractivity contribution in [2.24, 2.45) is 0 Å². The third-order valence-corrected chi connectivity index (χ3v) is 6.72. The fourth-order valence-corrected chi connectivity index (χ4v) is 5.50. The molecule has 2 amide bonds. The quantitative estimate of drug-likeness (QED) is 0.345. The van der Waals surface area contributed by atoms with Gasteiger partial charge in [-0.1, -0.05) is 41.9 Å². The molecule has 0 aliphatic carbocycles. The number of rotatable bonds is 7. The van der Waals surface area contributed by atoms with Crippen LogP contribution in [0.3, 0.4) is 0 Å². The number of amides is 2. The first kappa shape index (κ1) is 23.9. The summed E-state index contributed by atoms with van der Waals surface area (Å²) in [6.45, 7) is 6.64. The van der Waals surface area contributed by atoms with Crippen LogP contribution >= 0.6 is 43.6 Å². The Labute approximate surface area is 203 Å². The molecule has 5 nitrogen and oxygen atoms in total. The van der Waals surface area contributed by atoms with Crippen molar-refractivity contribution in [3.8, 4) is 11.5 Å². The van der Waals surface area contributed by atoms with Gasteiger partial charge in [-0.05, 0) is 75.9 Å². The molecule has 0 aromatic heterocycles. The summed E-state index contributed by atoms with van der Waals surface area (Å²) in [5.41, 5.74) is 2.90. The molecule has 0 bridgehead atoms. The highest BCUT2D eigenvalue weighted by Gasteiger charge is 2.35. The van der Waals surface area contributed by atoms with E-state index in [1.54, 1.807) is 13.2 Å². The number of thioether (sulfide) groups is 1. The topological polar surface area (TPSA) is 55.8 Å². The van der Waals surface area contributed by atoms with E-state index in [1.807, 2.05) is 25.1 Å². The Hall–Kier alpha value is -1.77. The molecule has 2 aromatic rings. The third kappa shape index (κ3) is 5.54. The summed E-state index contributed by atoms with van der Waals surface area (Å²) in [6.07, 6.45) is 1.68. The zero-order valence-electron chi connectivity index (χ0n) is 17.7. The van der Waals surface area contributed by atoms with Gasteiger partial charge in [0.1, 0.15) is 18.1 Å². The predicted octanol–water partition coefficient (Wildman–Crippen LogP) is 6.77. The lowest BCUT2D eigenvalue weighted by Gasteiger charge is -2.17. The maximum absolute atomic E-state index is 12.9. The Morgan fingerprint density at radius 3 is 2.58 bits per heavy atom. The van der Waals surface area contributed by atoms with Crippen molar-refractivity contribution in [3.05, 3.63) is 60.9 Å². The van der Waals surface area contributed by atoms with Gasteiger partial charge >= 0.3 is 0 Å². The number of nitrogens with zero attached hydrogens (tertiary/aromatic N) is 1. The number of ether oxygens (including phenoxy) is 2. The highest BCUT2D eigenvalue weighted by Crippen LogP contribution is 2.38. The summed E-state index contributed by atoms with van der Waals surface area (Å²) in [5.74, 6) is 1.38. The second-order valence-electron chi connectivity index (χ2n) is 7.39. The minimum absolute atomic E-state index is 0.187. The molecule has 3 rings (SSSR count). The number of carbonyl (C=O) groups excluding carboxylic acids is 2. The van der Waals surface area contributed by atoms with Gasteiger partial charge in [-0.15, -0.1) is 0 Å². The Balaban J connectivity index is 1.74. The van der Waals surface area contributed by atoms with Crippen LogP contribution in [0, 0.1) is 6.92 Å². The summed E-state index contributed by atoms with van der Waals surface area (Å²) in [7, 11) is 1.56. The molecule has 0 spiro atoms. The lowest BCUT2D eigenvalue weighted by atomic mass is 10.0. The van der Waals surface area contributed by atoms with E-state index in [4.69, 9.17) is 9.47 Å². The molecule has 1 fully saturated rings. The van der Waals surface area contributed by atoms with E-state index in [2.05, 4.69) is 57.8 Å². The Kier molecular flexibility index (Phi) is 7.88. The molecule has 1 aliphatic heterocycles. The van der Waals surface area contributed by atoms with Gasteiger partial charge in [0.2, 0.25) is 0 Å². The third-order valence-electron chi connectivity index (χ3n) is 4.76. The number of aryl methyl sites for hydroxylation is 1. The molecule has 164 valence electrons. The number of imide groups is 1. The lowest BCUT2D eigenvalue weighted by molar-refractivity contribution is -0.123. The van der Waals surface area contributed by atoms with Gasteiger partial charge in [0, 0.05) is 10.0 Å². The molecule has 0 radical (unpaired) electrons. The van der Waals surface area contributed by atoms with Gasteiger partial charge in [-0.2, -0.15) is 0 Å². The zero-order valence-corrected chi connectivity index (χ0v) is 21.7. The van der Waals surface area contributed by atoms with Gasteiger partial charge in [0.25, 0.3) is 11.1 Å². The normalized spacial score (nSPS) is 15.3. The monoisotopic (exact) mass is 567 g/mol. The van der Waals surface area contributed by atoms with Crippen LogP contribution in [0.1, 0.15) is 36.5 Å². The maximum atomic E-state index is 12.9. The van der Waals surface area contributed by atoms with Crippen molar-refractivity contribution >= 4 is 60.8 Å². The first-order chi connectivity index (χ1) is 14.7. The molecule has 1 aliphatic rings. The molecule has 31 heavy (non-hydrogen) atoms. The second-order valence-corrected chi connectivity index (χ2v) is 10.2. The molecule has 0 N–H and O–H groups in total. The van der Waals surface area contributed by atoms with Crippen molar-refractivity contribution in [1.29, 1.82) is 0 Å². The molecular formula is C23H23Br2NO4S. The van der Waals surface area contributed by atoms with Crippen LogP contribution in [-0.2, 0) is 4.79 Å². The maximum Gasteiger partial charge on any atom is 0.293 e. The van der Waals surface area contributed by atoms with Crippen molar-refractivity contribution in [2.75, 3.05) is 20.3 Å². The molecule has 0 saturated carbocycles. The molecular weight excluding hydrogens is 546 g/mol. The number of hydrogen-bond donors (Lipinski definition) is 0. The number of benzene rings is 2. The van der Waals surface area contributed by atoms with Crippen LogP contribution in [-0.4, -0.2) is 36.3 Å². The van der Waals surface area contributed by atoms with Crippen LogP contribution in [0.5, 0.6) is 11.5 Å². The van der Waals surface area contributed by atoms with Gasteiger partial charge in [-0.25, -0.2) is 0 Å². The summed E-state index contributed by atoms with van der Waals surface area (Å²) < 4.78 is 13.0. The smallest absolute Gasteiger partial charge is 0.293 e. The van der Waals surface area contributed by atoms with Crippen LogP contribution in [0.2, 0.25) is 0 Å². The fourth-order valence-electron chi connectivity index (χ4n) is 3.23. The van der Waals surface area contributed by atoms with Gasteiger partial charge in [0.05, 0.1) is 23.0 Å². The largest absolute Gasteiger partial charge is 0.495 e. The average molecular weight is 569 g/mol. The van der Waals surface area contributed by atoms with Crippen LogP contribution in [0.15, 0.2) is 44.2 Å². The van der Waals surface area contributed by atoms with Crippen molar-refractivity contribution < 1.29 is 19.1 Å². The first-order valence-corrected chi connectivity index (χ1v) is 12.1. The van der Waals surface area contributed by atoms with Crippen LogP contribution in [0.25, 0.3) is 6.08 Å². The summed E-state index contributed by atoms with van der Waals surface area (Å²) in [6, 6.07) is 9.79. The highest BCUT2D eigenvalue weighted by molar-refractivity contribution is 9.11. The summed E-state index contributed by atoms with van der Waals surface area (Å²) >= 11 is 7.82. The second kappa shape index (κ2) is 10.2. The fraction of sp³-hybridized carbons (Fsp3) is 0.304.